The molecule has 0 radical (unpaired) electrons. The maximum absolute atomic E-state index is 11.7. The molecular weight excluding hydrogens is 534 g/mol. The van der Waals surface area contributed by atoms with Crippen molar-refractivity contribution in [3.63, 3.8) is 0 Å². The number of hydrogen-bond donors (Lipinski definition) is 3. The molecule has 3 N–H and O–H groups in total. The summed E-state index contributed by atoms with van der Waals surface area (Å²) in [5.74, 6) is -2.30. The largest absolute Gasteiger partial charge is 0.479 e. The fraction of sp³-hybridized carbons (Fsp3) is 0.308. The standard InChI is InChI=1S/C26H26BrNO6S/c27-22-23(34-15-21(29)30)25(26(31)32)35-24(22)17-7-4-8-19(13-17)28-18-9-11-20(12-10-18)33-14-16-5-2-1-3-6-16/h1-8,13,18,20,28H,9-12,14-15H2,(H,29,30)(H,31,32). The van der Waals surface area contributed by atoms with Crippen LogP contribution < -0.4 is 10.1 Å². The molecule has 2 aromatic carbocycles. The minimum atomic E-state index is -1.17. The van der Waals surface area contributed by atoms with Gasteiger partial charge < -0.3 is 25.0 Å². The van der Waals surface area contributed by atoms with Crippen LogP contribution >= 0.6 is 27.3 Å². The highest BCUT2D eigenvalue weighted by Gasteiger charge is 2.25. The molecule has 0 aliphatic heterocycles. The van der Waals surface area contributed by atoms with E-state index in [1.54, 1.807) is 0 Å². The van der Waals surface area contributed by atoms with Gasteiger partial charge in [0, 0.05) is 11.7 Å². The summed E-state index contributed by atoms with van der Waals surface area (Å²) >= 11 is 4.46. The Bertz CT molecular complexity index is 1170. The van der Waals surface area contributed by atoms with Crippen molar-refractivity contribution in [2.24, 2.45) is 0 Å². The lowest BCUT2D eigenvalue weighted by atomic mass is 9.92. The van der Waals surface area contributed by atoms with E-state index in [2.05, 4.69) is 33.4 Å². The second kappa shape index (κ2) is 11.7. The molecule has 0 spiro atoms. The Morgan fingerprint density at radius 2 is 1.77 bits per heavy atom. The molecule has 1 heterocycles. The van der Waals surface area contributed by atoms with Crippen LogP contribution in [0, 0.1) is 0 Å². The van der Waals surface area contributed by atoms with Gasteiger partial charge in [-0.25, -0.2) is 9.59 Å². The number of carbonyl (C=O) groups is 2. The first kappa shape index (κ1) is 25.2. The van der Waals surface area contributed by atoms with Gasteiger partial charge in [0.25, 0.3) is 0 Å². The van der Waals surface area contributed by atoms with E-state index in [9.17, 15) is 14.7 Å². The van der Waals surface area contributed by atoms with Crippen LogP contribution in [0.15, 0.2) is 59.1 Å². The molecule has 1 aromatic heterocycles. The average molecular weight is 560 g/mol. The quantitative estimate of drug-likeness (QED) is 0.268. The van der Waals surface area contributed by atoms with Crippen molar-refractivity contribution in [3.8, 4) is 16.2 Å². The molecule has 35 heavy (non-hydrogen) atoms. The van der Waals surface area contributed by atoms with E-state index in [-0.39, 0.29) is 16.7 Å². The molecule has 0 bridgehead atoms. The van der Waals surface area contributed by atoms with Gasteiger partial charge in [0.1, 0.15) is 0 Å². The predicted octanol–water partition coefficient (Wildman–Crippen LogP) is 6.28. The van der Waals surface area contributed by atoms with Crippen LogP contribution in [0.1, 0.15) is 40.9 Å². The molecular formula is C26H26BrNO6S. The number of ether oxygens (including phenoxy) is 2. The molecule has 0 atom stereocenters. The number of aromatic carboxylic acids is 1. The van der Waals surface area contributed by atoms with Crippen molar-refractivity contribution >= 4 is 44.9 Å². The Morgan fingerprint density at radius 1 is 1.03 bits per heavy atom. The summed E-state index contributed by atoms with van der Waals surface area (Å²) in [7, 11) is 0. The summed E-state index contributed by atoms with van der Waals surface area (Å²) in [6, 6.07) is 18.3. The lowest BCUT2D eigenvalue weighted by molar-refractivity contribution is -0.139. The third kappa shape index (κ3) is 6.62. The lowest BCUT2D eigenvalue weighted by Crippen LogP contribution is -2.29. The topological polar surface area (TPSA) is 105 Å². The van der Waals surface area contributed by atoms with E-state index >= 15 is 0 Å². The number of carboxylic acids is 2. The first-order chi connectivity index (χ1) is 16.9. The SMILES string of the molecule is O=C(O)COc1c(C(=O)O)sc(-c2cccc(NC3CCC(OCc4ccccc4)CC3)c2)c1Br. The zero-order valence-corrected chi connectivity index (χ0v) is 21.3. The molecule has 184 valence electrons. The number of hydrogen-bond acceptors (Lipinski definition) is 6. The molecule has 3 aromatic rings. The summed E-state index contributed by atoms with van der Waals surface area (Å²) in [5, 5.41) is 22.1. The van der Waals surface area contributed by atoms with Gasteiger partial charge in [-0.2, -0.15) is 0 Å². The van der Waals surface area contributed by atoms with Gasteiger partial charge in [-0.15, -0.1) is 11.3 Å². The fourth-order valence-electron chi connectivity index (χ4n) is 4.13. The van der Waals surface area contributed by atoms with Crippen LogP contribution in [0.4, 0.5) is 5.69 Å². The molecule has 1 aliphatic carbocycles. The minimum Gasteiger partial charge on any atom is -0.479 e. The molecule has 0 unspecified atom stereocenters. The highest BCUT2D eigenvalue weighted by atomic mass is 79.9. The first-order valence-electron chi connectivity index (χ1n) is 11.3. The van der Waals surface area contributed by atoms with E-state index in [4.69, 9.17) is 14.6 Å². The van der Waals surface area contributed by atoms with E-state index < -0.39 is 18.5 Å². The van der Waals surface area contributed by atoms with Crippen LogP contribution in [0.5, 0.6) is 5.75 Å². The van der Waals surface area contributed by atoms with Crippen LogP contribution in [-0.2, 0) is 16.1 Å². The lowest BCUT2D eigenvalue weighted by Gasteiger charge is -2.30. The van der Waals surface area contributed by atoms with E-state index in [1.165, 1.54) is 5.56 Å². The van der Waals surface area contributed by atoms with Gasteiger partial charge in [0.05, 0.1) is 22.1 Å². The predicted molar refractivity (Wildman–Crippen MR) is 138 cm³/mol. The normalized spacial score (nSPS) is 17.6. The van der Waals surface area contributed by atoms with Gasteiger partial charge in [-0.1, -0.05) is 42.5 Å². The van der Waals surface area contributed by atoms with Crippen molar-refractivity contribution in [1.82, 2.24) is 0 Å². The van der Waals surface area contributed by atoms with Crippen LogP contribution in [-0.4, -0.2) is 40.9 Å². The molecule has 1 fully saturated rings. The maximum Gasteiger partial charge on any atom is 0.349 e. The zero-order chi connectivity index (χ0) is 24.8. The molecule has 0 saturated heterocycles. The number of halogens is 1. The zero-order valence-electron chi connectivity index (χ0n) is 18.9. The summed E-state index contributed by atoms with van der Waals surface area (Å²) in [5.41, 5.74) is 2.95. The molecule has 0 amide bonds. The number of nitrogens with one attached hydrogen (secondary N) is 1. The number of aliphatic carboxylic acids is 1. The highest BCUT2D eigenvalue weighted by molar-refractivity contribution is 9.10. The Morgan fingerprint density at radius 3 is 2.46 bits per heavy atom. The molecule has 9 heteroatoms. The monoisotopic (exact) mass is 559 g/mol. The number of anilines is 1. The summed E-state index contributed by atoms with van der Waals surface area (Å²) in [4.78, 5) is 23.2. The number of rotatable bonds is 10. The third-order valence-corrected chi connectivity index (χ3v) is 8.07. The van der Waals surface area contributed by atoms with E-state index in [0.29, 0.717) is 22.0 Å². The van der Waals surface area contributed by atoms with Gasteiger partial charge in [0.15, 0.2) is 17.2 Å². The number of carboxylic acid groups (broad SMARTS) is 2. The highest BCUT2D eigenvalue weighted by Crippen LogP contribution is 2.46. The molecule has 4 rings (SSSR count). The second-order valence-corrected chi connectivity index (χ2v) is 10.2. The van der Waals surface area contributed by atoms with E-state index in [0.717, 1.165) is 48.3 Å². The first-order valence-corrected chi connectivity index (χ1v) is 12.9. The van der Waals surface area contributed by atoms with Crippen molar-refractivity contribution in [2.45, 2.75) is 44.4 Å². The average Bonchev–Trinajstić information content (AvgIpc) is 3.19. The van der Waals surface area contributed by atoms with Crippen LogP contribution in [0.3, 0.4) is 0 Å². The van der Waals surface area contributed by atoms with E-state index in [1.807, 2.05) is 42.5 Å². The maximum atomic E-state index is 11.7. The van der Waals surface area contributed by atoms with Gasteiger partial charge in [0.2, 0.25) is 0 Å². The van der Waals surface area contributed by atoms with Crippen molar-refractivity contribution in [2.75, 3.05) is 11.9 Å². The Balaban J connectivity index is 1.39. The smallest absolute Gasteiger partial charge is 0.349 e. The van der Waals surface area contributed by atoms with Crippen molar-refractivity contribution in [1.29, 1.82) is 0 Å². The summed E-state index contributed by atoms with van der Waals surface area (Å²) < 4.78 is 11.8. The minimum absolute atomic E-state index is 0.0343. The summed E-state index contributed by atoms with van der Waals surface area (Å²) in [6.07, 6.45) is 4.26. The Kier molecular flexibility index (Phi) is 8.43. The number of benzene rings is 2. The Labute approximate surface area is 215 Å². The van der Waals surface area contributed by atoms with Crippen LogP contribution in [0.25, 0.3) is 10.4 Å². The molecule has 7 nitrogen and oxygen atoms in total. The molecule has 1 saturated carbocycles. The Hall–Kier alpha value is -2.88. The van der Waals surface area contributed by atoms with Gasteiger partial charge >= 0.3 is 11.9 Å². The van der Waals surface area contributed by atoms with Gasteiger partial charge in [-0.05, 0) is 64.9 Å². The summed E-state index contributed by atoms with van der Waals surface area (Å²) in [6.45, 7) is 0.0201. The molecule has 1 aliphatic rings. The van der Waals surface area contributed by atoms with Crippen molar-refractivity contribution in [3.05, 3.63) is 69.5 Å². The van der Waals surface area contributed by atoms with Crippen molar-refractivity contribution < 1.29 is 29.3 Å². The van der Waals surface area contributed by atoms with Gasteiger partial charge in [-0.3, -0.25) is 0 Å². The van der Waals surface area contributed by atoms with Crippen LogP contribution in [0.2, 0.25) is 0 Å². The fourth-order valence-corrected chi connectivity index (χ4v) is 6.02. The second-order valence-electron chi connectivity index (χ2n) is 8.39. The number of thiophene rings is 1. The third-order valence-electron chi connectivity index (χ3n) is 5.84.